The van der Waals surface area contributed by atoms with E-state index in [0.717, 1.165) is 5.69 Å². The van der Waals surface area contributed by atoms with Crippen molar-refractivity contribution in [3.05, 3.63) is 24.0 Å². The highest BCUT2D eigenvalue weighted by molar-refractivity contribution is 7.32. The maximum atomic E-state index is 10.2. The van der Waals surface area contributed by atoms with Gasteiger partial charge >= 0.3 is 8.25 Å². The van der Waals surface area contributed by atoms with E-state index in [0.29, 0.717) is 5.75 Å². The Morgan fingerprint density at radius 3 is 3.00 bits per heavy atom. The van der Waals surface area contributed by atoms with E-state index in [1.54, 1.807) is 13.0 Å². The van der Waals surface area contributed by atoms with Crippen molar-refractivity contribution in [2.45, 2.75) is 6.92 Å². The summed E-state index contributed by atoms with van der Waals surface area (Å²) in [6.07, 6.45) is 1.52. The van der Waals surface area contributed by atoms with Crippen LogP contribution in [0.3, 0.4) is 0 Å². The number of pyridine rings is 1. The van der Waals surface area contributed by atoms with E-state index < -0.39 is 8.25 Å². The summed E-state index contributed by atoms with van der Waals surface area (Å²) in [6.45, 7) is 1.78. The Hall–Kier alpha value is -0.990. The van der Waals surface area contributed by atoms with Gasteiger partial charge in [0.05, 0.1) is 0 Å². The minimum atomic E-state index is -2.57. The number of hydrogen-bond acceptors (Lipinski definition) is 3. The average Bonchev–Trinajstić information content (AvgIpc) is 1.85. The zero-order valence-corrected chi connectivity index (χ0v) is 6.78. The summed E-state index contributed by atoms with van der Waals surface area (Å²) in [5.41, 5.74) is 0.749. The molecule has 1 rings (SSSR count). The second-order valence-electron chi connectivity index (χ2n) is 1.96. The number of aryl methyl sites for hydroxylation is 1. The van der Waals surface area contributed by atoms with Gasteiger partial charge in [0.15, 0.2) is 5.75 Å². The van der Waals surface area contributed by atoms with Gasteiger partial charge in [0.1, 0.15) is 0 Å². The van der Waals surface area contributed by atoms with Crippen molar-refractivity contribution in [3.63, 3.8) is 0 Å². The molecular formula is C6H7NO3P+. The van der Waals surface area contributed by atoms with Gasteiger partial charge in [-0.2, -0.15) is 0 Å². The van der Waals surface area contributed by atoms with Gasteiger partial charge in [0, 0.05) is 28.6 Å². The predicted molar refractivity (Wildman–Crippen MR) is 39.4 cm³/mol. The molecule has 0 fully saturated rings. The van der Waals surface area contributed by atoms with Crippen molar-refractivity contribution in [1.82, 2.24) is 4.98 Å². The highest BCUT2D eigenvalue weighted by atomic mass is 31.1. The van der Waals surface area contributed by atoms with Crippen molar-refractivity contribution >= 4 is 8.25 Å². The fourth-order valence-corrected chi connectivity index (χ4v) is 0.960. The lowest BCUT2D eigenvalue weighted by molar-refractivity contribution is 0.410. The van der Waals surface area contributed by atoms with Gasteiger partial charge in [-0.05, 0) is 6.92 Å². The normalized spacial score (nSPS) is 10.9. The first-order valence-corrected chi connectivity index (χ1v) is 4.08. The molecule has 0 saturated carbocycles. The van der Waals surface area contributed by atoms with Gasteiger partial charge in [-0.3, -0.25) is 4.98 Å². The standard InChI is InChI=1S/C6H6NO3P/c1-5-4-6(2-3-7-5)10-11(8)9/h2-4H,1H3/p+1. The van der Waals surface area contributed by atoms with Crippen molar-refractivity contribution in [1.29, 1.82) is 0 Å². The molecule has 0 aromatic carbocycles. The molecule has 0 spiro atoms. The molecule has 0 aliphatic rings. The Morgan fingerprint density at radius 1 is 1.73 bits per heavy atom. The quantitative estimate of drug-likeness (QED) is 0.685. The van der Waals surface area contributed by atoms with Crippen molar-refractivity contribution in [2.24, 2.45) is 0 Å². The van der Waals surface area contributed by atoms with Gasteiger partial charge in [-0.1, -0.05) is 0 Å². The minimum absolute atomic E-state index is 0.362. The molecule has 1 heterocycles. The fourth-order valence-electron chi connectivity index (χ4n) is 0.667. The van der Waals surface area contributed by atoms with Gasteiger partial charge in [0.2, 0.25) is 0 Å². The number of rotatable bonds is 2. The zero-order valence-electron chi connectivity index (χ0n) is 5.89. The average molecular weight is 172 g/mol. The Labute approximate surface area is 64.8 Å². The zero-order chi connectivity index (χ0) is 8.27. The molecule has 1 aromatic heterocycles. The maximum Gasteiger partial charge on any atom is 0.747 e. The van der Waals surface area contributed by atoms with E-state index in [2.05, 4.69) is 9.51 Å². The molecule has 0 radical (unpaired) electrons. The first-order chi connectivity index (χ1) is 5.18. The fraction of sp³-hybridized carbons (Fsp3) is 0.167. The van der Waals surface area contributed by atoms with E-state index in [1.807, 2.05) is 0 Å². The van der Waals surface area contributed by atoms with E-state index >= 15 is 0 Å². The van der Waals surface area contributed by atoms with E-state index in [4.69, 9.17) is 4.89 Å². The lowest BCUT2D eigenvalue weighted by Crippen LogP contribution is -1.83. The largest absolute Gasteiger partial charge is 0.747 e. The first kappa shape index (κ1) is 8.11. The molecule has 4 nitrogen and oxygen atoms in total. The second-order valence-corrected chi connectivity index (χ2v) is 2.62. The number of hydrogen-bond donors (Lipinski definition) is 1. The smallest absolute Gasteiger partial charge is 0.261 e. The van der Waals surface area contributed by atoms with Crippen LogP contribution >= 0.6 is 8.25 Å². The van der Waals surface area contributed by atoms with Crippen LogP contribution < -0.4 is 4.52 Å². The Bertz CT molecular complexity index is 276. The first-order valence-electron chi connectivity index (χ1n) is 2.95. The van der Waals surface area contributed by atoms with Crippen LogP contribution in [0.25, 0.3) is 0 Å². The molecule has 11 heavy (non-hydrogen) atoms. The lowest BCUT2D eigenvalue weighted by atomic mass is 10.4. The van der Waals surface area contributed by atoms with Crippen LogP contribution in [0.4, 0.5) is 0 Å². The Morgan fingerprint density at radius 2 is 2.45 bits per heavy atom. The lowest BCUT2D eigenvalue weighted by Gasteiger charge is -1.91. The molecule has 0 aliphatic heterocycles. The number of nitrogens with zero attached hydrogens (tertiary/aromatic N) is 1. The van der Waals surface area contributed by atoms with Crippen LogP contribution in [0.15, 0.2) is 18.3 Å². The van der Waals surface area contributed by atoms with E-state index in [1.165, 1.54) is 12.3 Å². The molecule has 1 aromatic rings. The summed E-state index contributed by atoms with van der Waals surface area (Å²) in [4.78, 5) is 12.3. The predicted octanol–water partition coefficient (Wildman–Crippen LogP) is 1.42. The second kappa shape index (κ2) is 3.42. The molecule has 1 N–H and O–H groups in total. The van der Waals surface area contributed by atoms with E-state index in [-0.39, 0.29) is 0 Å². The van der Waals surface area contributed by atoms with E-state index in [9.17, 15) is 4.57 Å². The van der Waals surface area contributed by atoms with Gasteiger partial charge < -0.3 is 0 Å². The van der Waals surface area contributed by atoms with Crippen LogP contribution in [0.1, 0.15) is 5.69 Å². The third kappa shape index (κ3) is 2.62. The van der Waals surface area contributed by atoms with Gasteiger partial charge in [-0.15, -0.1) is 4.89 Å². The summed E-state index contributed by atoms with van der Waals surface area (Å²) in [5, 5.41) is 0. The van der Waals surface area contributed by atoms with Crippen LogP contribution in [-0.4, -0.2) is 9.88 Å². The Balaban J connectivity index is 2.79. The molecule has 0 amide bonds. The topological polar surface area (TPSA) is 59.4 Å². The molecule has 0 bridgehead atoms. The summed E-state index contributed by atoms with van der Waals surface area (Å²) in [7, 11) is -2.57. The summed E-state index contributed by atoms with van der Waals surface area (Å²) < 4.78 is 14.7. The Kier molecular flexibility index (Phi) is 2.52. The molecule has 0 aliphatic carbocycles. The highest BCUT2D eigenvalue weighted by Crippen LogP contribution is 2.21. The molecule has 5 heteroatoms. The minimum Gasteiger partial charge on any atom is -0.261 e. The van der Waals surface area contributed by atoms with Gasteiger partial charge in [-0.25, -0.2) is 4.52 Å². The molecule has 0 saturated heterocycles. The molecule has 1 atom stereocenters. The third-order valence-electron chi connectivity index (χ3n) is 1.05. The molecular weight excluding hydrogens is 165 g/mol. The SMILES string of the molecule is Cc1cc(O[P+](=O)O)ccn1. The van der Waals surface area contributed by atoms with Gasteiger partial charge in [0.25, 0.3) is 0 Å². The number of aromatic nitrogens is 1. The maximum absolute atomic E-state index is 10.2. The summed E-state index contributed by atoms with van der Waals surface area (Å²) in [6, 6.07) is 3.11. The molecule has 58 valence electrons. The third-order valence-corrected chi connectivity index (χ3v) is 1.42. The summed E-state index contributed by atoms with van der Waals surface area (Å²) in [5.74, 6) is 0.362. The monoisotopic (exact) mass is 172 g/mol. The van der Waals surface area contributed by atoms with Crippen molar-refractivity contribution in [2.75, 3.05) is 0 Å². The van der Waals surface area contributed by atoms with Crippen LogP contribution in [-0.2, 0) is 4.57 Å². The van der Waals surface area contributed by atoms with Crippen LogP contribution in [0, 0.1) is 6.92 Å². The molecule has 1 unspecified atom stereocenters. The van der Waals surface area contributed by atoms with Crippen molar-refractivity contribution < 1.29 is 14.0 Å². The van der Waals surface area contributed by atoms with Crippen molar-refractivity contribution in [3.8, 4) is 5.75 Å². The van der Waals surface area contributed by atoms with Crippen LogP contribution in [0.5, 0.6) is 5.75 Å². The summed E-state index contributed by atoms with van der Waals surface area (Å²) >= 11 is 0. The van der Waals surface area contributed by atoms with Crippen LogP contribution in [0.2, 0.25) is 0 Å². The highest BCUT2D eigenvalue weighted by Gasteiger charge is 2.13.